The fraction of sp³-hybridized carbons (Fsp3) is 0.375. The zero-order valence-electron chi connectivity index (χ0n) is 12.1. The first-order valence-corrected chi connectivity index (χ1v) is 7.27. The normalized spacial score (nSPS) is 11.3. The van der Waals surface area contributed by atoms with Crippen LogP contribution in [0, 0.1) is 0 Å². The average Bonchev–Trinajstić information content (AvgIpc) is 3.05. The van der Waals surface area contributed by atoms with Gasteiger partial charge in [0.1, 0.15) is 11.6 Å². The number of hydrogen-bond donors (Lipinski definition) is 0. The second-order valence-corrected chi connectivity index (χ2v) is 4.98. The third-order valence-corrected chi connectivity index (χ3v) is 3.65. The van der Waals surface area contributed by atoms with Crippen molar-refractivity contribution in [2.24, 2.45) is 0 Å². The maximum atomic E-state index is 4.76. The van der Waals surface area contributed by atoms with Gasteiger partial charge in [0.2, 0.25) is 0 Å². The number of rotatable bonds is 5. The van der Waals surface area contributed by atoms with Crippen molar-refractivity contribution in [1.29, 1.82) is 0 Å². The summed E-state index contributed by atoms with van der Waals surface area (Å²) in [5.74, 6) is 2.24. The number of benzene rings is 1. The molecule has 2 aromatic heterocycles. The molecule has 0 aliphatic heterocycles. The van der Waals surface area contributed by atoms with E-state index in [-0.39, 0.29) is 0 Å². The molecule has 3 rings (SSSR count). The molecule has 0 spiro atoms. The van der Waals surface area contributed by atoms with Gasteiger partial charge in [0, 0.05) is 25.4 Å². The molecular formula is C16H20N4. The SMILES string of the molecule is CCCc1nc2ccccc2n1Cc1nccn1CC. The number of fused-ring (bicyclic) bond motifs is 1. The van der Waals surface area contributed by atoms with Crippen LogP contribution in [0.25, 0.3) is 11.0 Å². The molecule has 0 unspecified atom stereocenters. The van der Waals surface area contributed by atoms with Crippen LogP contribution in [-0.2, 0) is 19.5 Å². The van der Waals surface area contributed by atoms with Gasteiger partial charge in [0.15, 0.2) is 0 Å². The maximum absolute atomic E-state index is 4.76. The molecule has 0 atom stereocenters. The summed E-state index contributed by atoms with van der Waals surface area (Å²) in [6.07, 6.45) is 6.01. The fourth-order valence-electron chi connectivity index (χ4n) is 2.64. The van der Waals surface area contributed by atoms with Crippen LogP contribution in [-0.4, -0.2) is 19.1 Å². The van der Waals surface area contributed by atoms with Gasteiger partial charge in [0.25, 0.3) is 0 Å². The van der Waals surface area contributed by atoms with Crippen LogP contribution >= 0.6 is 0 Å². The second kappa shape index (κ2) is 5.49. The summed E-state index contributed by atoms with van der Waals surface area (Å²) < 4.78 is 4.48. The van der Waals surface area contributed by atoms with Crippen molar-refractivity contribution in [2.45, 2.75) is 39.8 Å². The Bertz CT molecular complexity index is 708. The van der Waals surface area contributed by atoms with E-state index in [0.29, 0.717) is 0 Å². The monoisotopic (exact) mass is 268 g/mol. The lowest BCUT2D eigenvalue weighted by molar-refractivity contribution is 0.636. The van der Waals surface area contributed by atoms with Crippen molar-refractivity contribution < 1.29 is 0 Å². The first-order valence-electron chi connectivity index (χ1n) is 7.27. The van der Waals surface area contributed by atoms with Gasteiger partial charge in [-0.3, -0.25) is 0 Å². The zero-order chi connectivity index (χ0) is 13.9. The van der Waals surface area contributed by atoms with E-state index in [1.807, 2.05) is 18.5 Å². The zero-order valence-corrected chi connectivity index (χ0v) is 12.1. The van der Waals surface area contributed by atoms with Crippen LogP contribution in [0.3, 0.4) is 0 Å². The quantitative estimate of drug-likeness (QED) is 0.712. The third kappa shape index (κ3) is 2.22. The van der Waals surface area contributed by atoms with E-state index in [0.717, 1.165) is 43.1 Å². The van der Waals surface area contributed by atoms with Gasteiger partial charge in [-0.05, 0) is 25.5 Å². The van der Waals surface area contributed by atoms with Gasteiger partial charge in [-0.15, -0.1) is 0 Å². The van der Waals surface area contributed by atoms with Crippen molar-refractivity contribution >= 4 is 11.0 Å². The van der Waals surface area contributed by atoms with E-state index in [1.165, 1.54) is 5.52 Å². The molecule has 0 amide bonds. The van der Waals surface area contributed by atoms with Gasteiger partial charge in [-0.1, -0.05) is 19.1 Å². The molecule has 0 aliphatic rings. The van der Waals surface area contributed by atoms with Crippen molar-refractivity contribution in [1.82, 2.24) is 19.1 Å². The summed E-state index contributed by atoms with van der Waals surface area (Å²) in [5, 5.41) is 0. The molecule has 0 N–H and O–H groups in total. The Kier molecular flexibility index (Phi) is 3.54. The fourth-order valence-corrected chi connectivity index (χ4v) is 2.64. The number of aryl methyl sites for hydroxylation is 2. The molecule has 20 heavy (non-hydrogen) atoms. The van der Waals surface area contributed by atoms with Crippen LogP contribution in [0.15, 0.2) is 36.7 Å². The summed E-state index contributed by atoms with van der Waals surface area (Å²) >= 11 is 0. The molecule has 0 saturated heterocycles. The topological polar surface area (TPSA) is 35.6 Å². The van der Waals surface area contributed by atoms with Gasteiger partial charge < -0.3 is 9.13 Å². The highest BCUT2D eigenvalue weighted by atomic mass is 15.1. The number of para-hydroxylation sites is 2. The highest BCUT2D eigenvalue weighted by molar-refractivity contribution is 5.76. The third-order valence-electron chi connectivity index (χ3n) is 3.65. The van der Waals surface area contributed by atoms with E-state index >= 15 is 0 Å². The molecule has 4 heteroatoms. The van der Waals surface area contributed by atoms with Crippen LogP contribution in [0.1, 0.15) is 31.9 Å². The molecule has 4 nitrogen and oxygen atoms in total. The second-order valence-electron chi connectivity index (χ2n) is 4.98. The molecule has 0 saturated carbocycles. The standard InChI is InChI=1S/C16H20N4/c1-3-7-15-18-13-8-5-6-9-14(13)20(15)12-16-17-10-11-19(16)4-2/h5-6,8-11H,3-4,7,12H2,1-2H3. The molecular weight excluding hydrogens is 248 g/mol. The molecule has 0 radical (unpaired) electrons. The van der Waals surface area contributed by atoms with E-state index in [9.17, 15) is 0 Å². The van der Waals surface area contributed by atoms with Crippen molar-refractivity contribution in [2.75, 3.05) is 0 Å². The Morgan fingerprint density at radius 1 is 1.10 bits per heavy atom. The van der Waals surface area contributed by atoms with E-state index in [2.05, 4.69) is 46.2 Å². The molecule has 0 bridgehead atoms. The molecule has 0 aliphatic carbocycles. The molecule has 3 aromatic rings. The predicted molar refractivity (Wildman–Crippen MR) is 80.7 cm³/mol. The van der Waals surface area contributed by atoms with E-state index < -0.39 is 0 Å². The molecule has 1 aromatic carbocycles. The Morgan fingerprint density at radius 2 is 1.95 bits per heavy atom. The molecule has 2 heterocycles. The Morgan fingerprint density at radius 3 is 2.75 bits per heavy atom. The summed E-state index contributed by atoms with van der Waals surface area (Å²) in [6.45, 7) is 6.07. The first-order chi connectivity index (χ1) is 9.83. The minimum absolute atomic E-state index is 0.788. The lowest BCUT2D eigenvalue weighted by atomic mass is 10.3. The smallest absolute Gasteiger partial charge is 0.128 e. The predicted octanol–water partition coefficient (Wildman–Crippen LogP) is 3.25. The van der Waals surface area contributed by atoms with Gasteiger partial charge in [-0.2, -0.15) is 0 Å². The Hall–Kier alpha value is -2.10. The summed E-state index contributed by atoms with van der Waals surface area (Å²) in [6, 6.07) is 8.34. The lowest BCUT2D eigenvalue weighted by Gasteiger charge is -2.10. The van der Waals surface area contributed by atoms with Crippen LogP contribution in [0.5, 0.6) is 0 Å². The first kappa shape index (κ1) is 12.9. The Balaban J connectivity index is 2.06. The highest BCUT2D eigenvalue weighted by Gasteiger charge is 2.12. The maximum Gasteiger partial charge on any atom is 0.128 e. The van der Waals surface area contributed by atoms with Crippen LogP contribution in [0.2, 0.25) is 0 Å². The minimum atomic E-state index is 0.788. The summed E-state index contributed by atoms with van der Waals surface area (Å²) in [7, 11) is 0. The number of imidazole rings is 2. The Labute approximate surface area is 119 Å². The van der Waals surface area contributed by atoms with E-state index in [4.69, 9.17) is 4.98 Å². The molecule has 104 valence electrons. The van der Waals surface area contributed by atoms with Gasteiger partial charge in [0.05, 0.1) is 17.6 Å². The van der Waals surface area contributed by atoms with Crippen molar-refractivity contribution in [3.63, 3.8) is 0 Å². The lowest BCUT2D eigenvalue weighted by Crippen LogP contribution is -2.10. The summed E-state index contributed by atoms with van der Waals surface area (Å²) in [4.78, 5) is 9.25. The van der Waals surface area contributed by atoms with Crippen molar-refractivity contribution in [3.05, 3.63) is 48.3 Å². The molecule has 0 fully saturated rings. The summed E-state index contributed by atoms with van der Waals surface area (Å²) in [5.41, 5.74) is 2.27. The highest BCUT2D eigenvalue weighted by Crippen LogP contribution is 2.18. The largest absolute Gasteiger partial charge is 0.334 e. The number of hydrogen-bond acceptors (Lipinski definition) is 2. The van der Waals surface area contributed by atoms with Crippen LogP contribution in [0.4, 0.5) is 0 Å². The van der Waals surface area contributed by atoms with Gasteiger partial charge >= 0.3 is 0 Å². The van der Waals surface area contributed by atoms with E-state index in [1.54, 1.807) is 0 Å². The van der Waals surface area contributed by atoms with Crippen molar-refractivity contribution in [3.8, 4) is 0 Å². The minimum Gasteiger partial charge on any atom is -0.334 e. The average molecular weight is 268 g/mol. The van der Waals surface area contributed by atoms with Crippen LogP contribution < -0.4 is 0 Å². The van der Waals surface area contributed by atoms with Gasteiger partial charge in [-0.25, -0.2) is 9.97 Å². The number of aromatic nitrogens is 4. The number of nitrogens with zero attached hydrogens (tertiary/aromatic N) is 4.